The summed E-state index contributed by atoms with van der Waals surface area (Å²) in [6.45, 7) is 7.36. The van der Waals surface area contributed by atoms with Crippen molar-refractivity contribution >= 4 is 54.6 Å². The molecule has 0 fully saturated rings. The fourth-order valence-corrected chi connectivity index (χ4v) is 8.59. The second-order valence-corrected chi connectivity index (χ2v) is 17.7. The molecular weight excluding hydrogens is 729 g/mol. The number of carboxylic acids is 2. The van der Waals surface area contributed by atoms with Gasteiger partial charge in [-0.1, -0.05) is 6.08 Å². The number of fused-ring (bicyclic) bond motifs is 4. The number of nitrogens with zero attached hydrogens (tertiary/aromatic N) is 2. The Bertz CT molecular complexity index is 2480. The normalized spacial score (nSPS) is 16.8. The van der Waals surface area contributed by atoms with E-state index in [9.17, 15) is 40.6 Å². The van der Waals surface area contributed by atoms with Gasteiger partial charge < -0.3 is 20.3 Å². The van der Waals surface area contributed by atoms with Gasteiger partial charge in [-0.2, -0.15) is 16.8 Å². The zero-order valence-corrected chi connectivity index (χ0v) is 31.3. The van der Waals surface area contributed by atoms with E-state index in [2.05, 4.69) is 10.3 Å². The molecule has 6 rings (SSSR count). The molecule has 2 aromatic carbocycles. The third-order valence-electron chi connectivity index (χ3n) is 9.14. The number of hydrogen-bond donors (Lipinski definition) is 6. The van der Waals surface area contributed by atoms with Gasteiger partial charge in [0.1, 0.15) is 35.4 Å². The van der Waals surface area contributed by atoms with E-state index in [4.69, 9.17) is 9.84 Å². The van der Waals surface area contributed by atoms with Crippen molar-refractivity contribution in [1.29, 1.82) is 0 Å². The maximum Gasteiger partial charge on any atom is 0.346 e. The number of benzene rings is 2. The quantitative estimate of drug-likeness (QED) is 0.0639. The third-order valence-corrected chi connectivity index (χ3v) is 10.5. The Hall–Kier alpha value is -4.84. The van der Waals surface area contributed by atoms with Crippen LogP contribution < -0.4 is 30.2 Å². The number of hydrogen-bond acceptors (Lipinski definition) is 8. The van der Waals surface area contributed by atoms with Crippen LogP contribution in [0, 0.1) is 0 Å². The second-order valence-electron chi connectivity index (χ2n) is 14.8. The first kappa shape index (κ1) is 37.9. The highest BCUT2D eigenvalue weighted by Crippen LogP contribution is 2.44. The number of aliphatic carboxylic acids is 2. The van der Waals surface area contributed by atoms with Crippen molar-refractivity contribution in [2.24, 2.45) is 0 Å². The summed E-state index contributed by atoms with van der Waals surface area (Å²) in [5, 5.41) is 23.5. The topological polar surface area (TPSA) is 227 Å². The molecule has 3 aliphatic rings. The minimum absolute atomic E-state index is 0.0116. The van der Waals surface area contributed by atoms with Gasteiger partial charge in [0, 0.05) is 48.4 Å². The molecule has 0 spiro atoms. The van der Waals surface area contributed by atoms with Crippen LogP contribution in [-0.2, 0) is 42.9 Å². The minimum atomic E-state index is -4.46. The predicted octanol–water partition coefficient (Wildman–Crippen LogP) is 1.10. The molecule has 3 aromatic rings. The van der Waals surface area contributed by atoms with E-state index in [1.807, 2.05) is 32.3 Å². The maximum atomic E-state index is 12.2. The van der Waals surface area contributed by atoms with E-state index in [1.54, 1.807) is 53.4 Å². The highest BCUT2D eigenvalue weighted by Gasteiger charge is 2.36. The molecule has 0 aliphatic carbocycles. The van der Waals surface area contributed by atoms with Crippen molar-refractivity contribution in [3.63, 3.8) is 0 Å². The van der Waals surface area contributed by atoms with Gasteiger partial charge in [0.15, 0.2) is 12.1 Å². The predicted molar refractivity (Wildman–Crippen MR) is 193 cm³/mol. The van der Waals surface area contributed by atoms with Gasteiger partial charge in [-0.3, -0.25) is 13.9 Å². The summed E-state index contributed by atoms with van der Waals surface area (Å²) in [7, 11) is -8.92. The lowest BCUT2D eigenvalue weighted by atomic mass is 9.87. The number of unbranched alkanes of at least 4 members (excludes halogenated alkanes) is 2. The molecule has 53 heavy (non-hydrogen) atoms. The van der Waals surface area contributed by atoms with Crippen molar-refractivity contribution in [3.8, 4) is 11.5 Å². The van der Waals surface area contributed by atoms with Crippen LogP contribution in [0.5, 0.6) is 11.5 Å². The van der Waals surface area contributed by atoms with Crippen molar-refractivity contribution in [1.82, 2.24) is 4.57 Å². The molecule has 0 radical (unpaired) electrons. The lowest BCUT2D eigenvalue weighted by Crippen LogP contribution is -2.89. The minimum Gasteiger partial charge on any atom is -0.481 e. The number of aromatic nitrogens is 2. The summed E-state index contributed by atoms with van der Waals surface area (Å²) in [6.07, 6.45) is 8.41. The Balaban J connectivity index is 1.67. The first-order valence-corrected chi connectivity index (χ1v) is 20.1. The van der Waals surface area contributed by atoms with Crippen LogP contribution >= 0.6 is 0 Å². The number of aryl methyl sites for hydroxylation is 1. The molecule has 0 saturated heterocycles. The SMILES string of the molecule is CC1(C)C=C(CS(=O)(=O)O)c2cc3c(cc2N1)Oc1cc2c(cc1=C3c1n(CCCCCC(=O)O)cc[n+]1CC(=O)O)C(CS(=O)(=O)O)=CC(C)(C)[NH+]=2. The molecule has 4 heterocycles. The Morgan fingerprint density at radius 3 is 2.17 bits per heavy atom. The van der Waals surface area contributed by atoms with E-state index in [1.165, 1.54) is 0 Å². The molecule has 0 bridgehead atoms. The first-order valence-electron chi connectivity index (χ1n) is 16.9. The lowest BCUT2D eigenvalue weighted by molar-refractivity contribution is -0.687. The largest absolute Gasteiger partial charge is 0.481 e. The Kier molecular flexibility index (Phi) is 9.68. The second kappa shape index (κ2) is 13.5. The smallest absolute Gasteiger partial charge is 0.346 e. The molecular formula is C36H42N4O11S2+2. The van der Waals surface area contributed by atoms with E-state index >= 15 is 0 Å². The summed E-state index contributed by atoms with van der Waals surface area (Å²) in [6, 6.07) is 6.92. The van der Waals surface area contributed by atoms with E-state index in [0.29, 0.717) is 92.8 Å². The fraction of sp³-hybridized carbons (Fsp3) is 0.389. The molecule has 1 aromatic heterocycles. The van der Waals surface area contributed by atoms with E-state index in [0.717, 1.165) is 0 Å². The maximum absolute atomic E-state index is 12.2. The monoisotopic (exact) mass is 770 g/mol. The van der Waals surface area contributed by atoms with Crippen LogP contribution in [0.3, 0.4) is 0 Å². The van der Waals surface area contributed by atoms with Crippen molar-refractivity contribution in [2.75, 3.05) is 16.8 Å². The van der Waals surface area contributed by atoms with Gasteiger partial charge >= 0.3 is 11.9 Å². The zero-order valence-electron chi connectivity index (χ0n) is 29.6. The average molecular weight is 771 g/mol. The molecule has 6 N–H and O–H groups in total. The van der Waals surface area contributed by atoms with Crippen LogP contribution in [0.2, 0.25) is 0 Å². The highest BCUT2D eigenvalue weighted by molar-refractivity contribution is 7.86. The van der Waals surface area contributed by atoms with Gasteiger partial charge in [-0.15, -0.1) is 0 Å². The molecule has 282 valence electrons. The molecule has 0 saturated carbocycles. The van der Waals surface area contributed by atoms with Crippen LogP contribution in [0.25, 0.3) is 16.7 Å². The third kappa shape index (κ3) is 8.53. The molecule has 3 aliphatic heterocycles. The molecule has 0 unspecified atom stereocenters. The standard InChI is InChI=1S/C36H40N4O11S2/c1-35(2)16-21(19-52(45,46)47)23-12-25-29(14-27(23)37-35)51-30-15-28-24(22(20-53(48,49)50)17-36(3,4)38-28)13-26(30)33(25)34-39(9-7-5-6-8-31(41)42)10-11-40(34)18-32(43)44/h10-17H,5-9,18-20H2,1-4H3,(H4-,37,38,41,42,43,44,45,46,47,48,49,50)/p+2. The van der Waals surface area contributed by atoms with Gasteiger partial charge in [-0.25, -0.2) is 18.9 Å². The van der Waals surface area contributed by atoms with E-state index < -0.39 is 61.3 Å². The number of carbonyl (C=O) groups is 2. The first-order chi connectivity index (χ1) is 24.6. The molecule has 15 nitrogen and oxygen atoms in total. The number of nitrogens with one attached hydrogen (secondary N) is 2. The van der Waals surface area contributed by atoms with Gasteiger partial charge in [0.05, 0.1) is 29.3 Å². The Labute approximate surface area is 306 Å². The summed E-state index contributed by atoms with van der Waals surface area (Å²) < 4.78 is 78.7. The van der Waals surface area contributed by atoms with Gasteiger partial charge in [-0.05, 0) is 62.5 Å². The Morgan fingerprint density at radius 2 is 1.53 bits per heavy atom. The van der Waals surface area contributed by atoms with Crippen LogP contribution in [0.4, 0.5) is 5.69 Å². The highest BCUT2D eigenvalue weighted by atomic mass is 32.2. The molecule has 0 amide bonds. The number of imidazole rings is 1. The lowest BCUT2D eigenvalue weighted by Gasteiger charge is -2.33. The Morgan fingerprint density at radius 1 is 0.849 bits per heavy atom. The van der Waals surface area contributed by atoms with Gasteiger partial charge in [0.2, 0.25) is 5.36 Å². The molecule has 0 atom stereocenters. The zero-order chi connectivity index (χ0) is 38.7. The van der Waals surface area contributed by atoms with Crippen LogP contribution in [0.15, 0.2) is 48.8 Å². The van der Waals surface area contributed by atoms with Crippen molar-refractivity contribution in [3.05, 3.63) is 81.9 Å². The van der Waals surface area contributed by atoms with Crippen molar-refractivity contribution < 1.29 is 60.0 Å². The number of anilines is 1. The van der Waals surface area contributed by atoms with Crippen LogP contribution in [0.1, 0.15) is 75.9 Å². The van der Waals surface area contributed by atoms with E-state index in [-0.39, 0.29) is 6.42 Å². The summed E-state index contributed by atoms with van der Waals surface area (Å²) in [4.78, 5) is 26.7. The summed E-state index contributed by atoms with van der Waals surface area (Å²) in [5.41, 5.74) is 1.70. The summed E-state index contributed by atoms with van der Waals surface area (Å²) >= 11 is 0. The fourth-order valence-electron chi connectivity index (χ4n) is 7.33. The van der Waals surface area contributed by atoms with Gasteiger partial charge in [0.25, 0.3) is 26.1 Å². The van der Waals surface area contributed by atoms with Crippen molar-refractivity contribution in [2.45, 2.75) is 77.5 Å². The summed E-state index contributed by atoms with van der Waals surface area (Å²) in [5.74, 6) is -2.17. The molecule has 17 heteroatoms. The number of ether oxygens (including phenoxy) is 1. The van der Waals surface area contributed by atoms with Crippen LogP contribution in [-0.4, -0.2) is 75.2 Å². The number of rotatable bonds is 13. The average Bonchev–Trinajstić information content (AvgIpc) is 3.36. The number of carboxylic acid groups (broad SMARTS) is 2.